The van der Waals surface area contributed by atoms with Gasteiger partial charge in [-0.3, -0.25) is 9.59 Å². The molecule has 2 amide bonds. The van der Waals surface area contributed by atoms with Crippen LogP contribution in [0.15, 0.2) is 18.2 Å². The number of likely N-dealkylation sites (tertiary alicyclic amines) is 1. The lowest BCUT2D eigenvalue weighted by molar-refractivity contribution is -0.137. The molecular formula is C14H15F3N2O2. The van der Waals surface area contributed by atoms with Crippen LogP contribution in [-0.2, 0) is 16.0 Å². The Kier molecular flexibility index (Phi) is 4.50. The van der Waals surface area contributed by atoms with Gasteiger partial charge in [-0.15, -0.1) is 0 Å². The van der Waals surface area contributed by atoms with Crippen molar-refractivity contribution in [3.05, 3.63) is 35.4 Å². The highest BCUT2D eigenvalue weighted by molar-refractivity contribution is 5.87. The summed E-state index contributed by atoms with van der Waals surface area (Å²) in [6, 6.07) is 2.01. The number of hydrogen-bond donors (Lipinski definition) is 1. The minimum absolute atomic E-state index is 0.0264. The minimum atomic E-state index is -1.29. The molecule has 0 saturated carbocycles. The first-order valence-electron chi connectivity index (χ1n) is 6.55. The lowest BCUT2D eigenvalue weighted by Crippen LogP contribution is -2.43. The third-order valence-electron chi connectivity index (χ3n) is 3.51. The monoisotopic (exact) mass is 300 g/mol. The topological polar surface area (TPSA) is 63.4 Å². The molecule has 0 unspecified atom stereocenters. The van der Waals surface area contributed by atoms with Gasteiger partial charge in [0.15, 0.2) is 0 Å². The second-order valence-electron chi connectivity index (χ2n) is 5.03. The van der Waals surface area contributed by atoms with Crippen molar-refractivity contribution in [2.75, 3.05) is 6.54 Å². The number of carbonyl (C=O) groups is 2. The summed E-state index contributed by atoms with van der Waals surface area (Å²) in [7, 11) is 0. The van der Waals surface area contributed by atoms with E-state index < -0.39 is 35.7 Å². The number of nitrogens with two attached hydrogens (primary N) is 1. The zero-order chi connectivity index (χ0) is 15.6. The van der Waals surface area contributed by atoms with Gasteiger partial charge in [-0.2, -0.15) is 0 Å². The third-order valence-corrected chi connectivity index (χ3v) is 3.51. The van der Waals surface area contributed by atoms with E-state index in [1.807, 2.05) is 0 Å². The molecule has 1 saturated heterocycles. The SMILES string of the molecule is NC(=O)[C@@H]1C[C@@H](F)CN1C(=O)CCc1cc(F)ccc1F. The molecule has 1 aliphatic rings. The summed E-state index contributed by atoms with van der Waals surface area (Å²) < 4.78 is 39.8. The molecule has 0 radical (unpaired) electrons. The second-order valence-corrected chi connectivity index (χ2v) is 5.03. The largest absolute Gasteiger partial charge is 0.368 e. The molecule has 2 N–H and O–H groups in total. The van der Waals surface area contributed by atoms with Crippen molar-refractivity contribution >= 4 is 11.8 Å². The lowest BCUT2D eigenvalue weighted by Gasteiger charge is -2.21. The van der Waals surface area contributed by atoms with Crippen LogP contribution in [0.2, 0.25) is 0 Å². The van der Waals surface area contributed by atoms with Gasteiger partial charge < -0.3 is 10.6 Å². The van der Waals surface area contributed by atoms with E-state index in [-0.39, 0.29) is 31.4 Å². The van der Waals surface area contributed by atoms with E-state index in [9.17, 15) is 22.8 Å². The van der Waals surface area contributed by atoms with Gasteiger partial charge in [0.1, 0.15) is 23.8 Å². The van der Waals surface area contributed by atoms with Gasteiger partial charge in [0.25, 0.3) is 0 Å². The van der Waals surface area contributed by atoms with Gasteiger partial charge in [0, 0.05) is 12.8 Å². The quantitative estimate of drug-likeness (QED) is 0.911. The van der Waals surface area contributed by atoms with E-state index in [2.05, 4.69) is 0 Å². The van der Waals surface area contributed by atoms with Crippen molar-refractivity contribution < 1.29 is 22.8 Å². The van der Waals surface area contributed by atoms with E-state index in [0.717, 1.165) is 23.1 Å². The highest BCUT2D eigenvalue weighted by atomic mass is 19.1. The van der Waals surface area contributed by atoms with Crippen LogP contribution in [0.4, 0.5) is 13.2 Å². The van der Waals surface area contributed by atoms with Gasteiger partial charge in [-0.05, 0) is 30.2 Å². The van der Waals surface area contributed by atoms with Crippen LogP contribution in [0.3, 0.4) is 0 Å². The molecule has 0 aromatic heterocycles. The van der Waals surface area contributed by atoms with Gasteiger partial charge in [-0.25, -0.2) is 13.2 Å². The summed E-state index contributed by atoms with van der Waals surface area (Å²) in [4.78, 5) is 24.3. The average Bonchev–Trinajstić information content (AvgIpc) is 2.82. The molecule has 1 aromatic rings. The summed E-state index contributed by atoms with van der Waals surface area (Å²) in [6.07, 6.45) is -1.58. The van der Waals surface area contributed by atoms with Crippen molar-refractivity contribution in [3.63, 3.8) is 0 Å². The Balaban J connectivity index is 2.01. The van der Waals surface area contributed by atoms with Crippen LogP contribution in [-0.4, -0.2) is 35.5 Å². The predicted octanol–water partition coefficient (Wildman–Crippen LogP) is 1.32. The summed E-state index contributed by atoms with van der Waals surface area (Å²) in [5.41, 5.74) is 5.20. The molecule has 1 aromatic carbocycles. The zero-order valence-corrected chi connectivity index (χ0v) is 11.2. The lowest BCUT2D eigenvalue weighted by atomic mass is 10.1. The number of alkyl halides is 1. The number of halogens is 3. The first-order chi connectivity index (χ1) is 9.88. The fraction of sp³-hybridized carbons (Fsp3) is 0.429. The maximum absolute atomic E-state index is 13.4. The molecule has 4 nitrogen and oxygen atoms in total. The van der Waals surface area contributed by atoms with Crippen molar-refractivity contribution in [1.82, 2.24) is 4.90 Å². The molecule has 0 bridgehead atoms. The van der Waals surface area contributed by atoms with Crippen LogP contribution in [0.5, 0.6) is 0 Å². The highest BCUT2D eigenvalue weighted by Crippen LogP contribution is 2.22. The number of benzene rings is 1. The fourth-order valence-electron chi connectivity index (χ4n) is 2.45. The van der Waals surface area contributed by atoms with E-state index in [1.165, 1.54) is 0 Å². The molecule has 1 fully saturated rings. The average molecular weight is 300 g/mol. The number of carbonyl (C=O) groups excluding carboxylic acids is 2. The number of amides is 2. The number of rotatable bonds is 4. The van der Waals surface area contributed by atoms with Crippen molar-refractivity contribution in [2.24, 2.45) is 5.73 Å². The maximum Gasteiger partial charge on any atom is 0.240 e. The number of hydrogen-bond acceptors (Lipinski definition) is 2. The molecule has 7 heteroatoms. The standard InChI is InChI=1S/C14H15F3N2O2/c15-9-2-3-11(17)8(5-9)1-4-13(20)19-7-10(16)6-12(19)14(18)21/h2-3,5,10,12H,1,4,6-7H2,(H2,18,21)/t10-,12+/m1/s1. The normalized spacial score (nSPS) is 21.6. The number of aryl methyl sites for hydroxylation is 1. The van der Waals surface area contributed by atoms with Gasteiger partial charge in [0.05, 0.1) is 6.54 Å². The molecular weight excluding hydrogens is 285 g/mol. The molecule has 1 aliphatic heterocycles. The van der Waals surface area contributed by atoms with E-state index in [0.29, 0.717) is 0 Å². The number of nitrogens with zero attached hydrogens (tertiary/aromatic N) is 1. The summed E-state index contributed by atoms with van der Waals surface area (Å²) in [6.45, 7) is -0.196. The Hall–Kier alpha value is -2.05. The summed E-state index contributed by atoms with van der Waals surface area (Å²) in [5.74, 6) is -2.47. The Bertz CT molecular complexity index is 565. The Labute approximate surface area is 119 Å². The third kappa shape index (κ3) is 3.53. The van der Waals surface area contributed by atoms with Gasteiger partial charge >= 0.3 is 0 Å². The molecule has 0 spiro atoms. The van der Waals surface area contributed by atoms with Crippen molar-refractivity contribution in [2.45, 2.75) is 31.5 Å². The van der Waals surface area contributed by atoms with Crippen LogP contribution >= 0.6 is 0 Å². The molecule has 2 rings (SSSR count). The minimum Gasteiger partial charge on any atom is -0.368 e. The van der Waals surface area contributed by atoms with Crippen LogP contribution < -0.4 is 5.73 Å². The Morgan fingerprint density at radius 1 is 1.33 bits per heavy atom. The van der Waals surface area contributed by atoms with Gasteiger partial charge in [-0.1, -0.05) is 0 Å². The number of primary amides is 1. The summed E-state index contributed by atoms with van der Waals surface area (Å²) >= 11 is 0. The van der Waals surface area contributed by atoms with Crippen molar-refractivity contribution in [3.8, 4) is 0 Å². The van der Waals surface area contributed by atoms with E-state index in [1.54, 1.807) is 0 Å². The first-order valence-corrected chi connectivity index (χ1v) is 6.55. The van der Waals surface area contributed by atoms with Crippen molar-refractivity contribution in [1.29, 1.82) is 0 Å². The second kappa shape index (κ2) is 6.15. The molecule has 21 heavy (non-hydrogen) atoms. The van der Waals surface area contributed by atoms with E-state index in [4.69, 9.17) is 5.73 Å². The zero-order valence-electron chi connectivity index (χ0n) is 11.2. The summed E-state index contributed by atoms with van der Waals surface area (Å²) in [5, 5.41) is 0. The maximum atomic E-state index is 13.4. The smallest absolute Gasteiger partial charge is 0.240 e. The van der Waals surface area contributed by atoms with Crippen LogP contribution in [0.1, 0.15) is 18.4 Å². The van der Waals surface area contributed by atoms with Crippen LogP contribution in [0.25, 0.3) is 0 Å². The molecule has 2 atom stereocenters. The molecule has 0 aliphatic carbocycles. The van der Waals surface area contributed by atoms with Gasteiger partial charge in [0.2, 0.25) is 11.8 Å². The fourth-order valence-corrected chi connectivity index (χ4v) is 2.45. The Morgan fingerprint density at radius 3 is 2.71 bits per heavy atom. The molecule has 1 heterocycles. The molecule has 114 valence electrons. The highest BCUT2D eigenvalue weighted by Gasteiger charge is 2.38. The predicted molar refractivity (Wildman–Crippen MR) is 68.9 cm³/mol. The Morgan fingerprint density at radius 2 is 2.05 bits per heavy atom. The van der Waals surface area contributed by atoms with Crippen LogP contribution in [0, 0.1) is 11.6 Å². The first kappa shape index (κ1) is 15.3. The van der Waals surface area contributed by atoms with E-state index >= 15 is 0 Å².